The molecule has 29 heavy (non-hydrogen) atoms. The van der Waals surface area contributed by atoms with Crippen molar-refractivity contribution in [2.75, 3.05) is 0 Å². The molecule has 0 fully saturated rings. The summed E-state index contributed by atoms with van der Waals surface area (Å²) in [6.45, 7) is 12.7. The van der Waals surface area contributed by atoms with Gasteiger partial charge in [0.15, 0.2) is 0 Å². The number of unbranched alkanes of at least 4 members (excludes halogenated alkanes) is 3. The zero-order valence-electron chi connectivity index (χ0n) is 19.4. The Bertz CT molecular complexity index is 770. The molecule has 0 atom stereocenters. The van der Waals surface area contributed by atoms with Crippen LogP contribution in [-0.4, -0.2) is 39.6 Å². The normalized spacial score (nSPS) is 12.5. The number of hydrogen-bond donors (Lipinski definition) is 0. The molecule has 0 aliphatic heterocycles. The van der Waals surface area contributed by atoms with Crippen molar-refractivity contribution >= 4 is 39.1 Å². The molecular formula is C24H40N2O2Sn. The minimum atomic E-state index is -2.82. The fourth-order valence-electron chi connectivity index (χ4n) is 4.25. The van der Waals surface area contributed by atoms with E-state index in [1.165, 1.54) is 55.5 Å². The van der Waals surface area contributed by atoms with Crippen LogP contribution in [-0.2, 0) is 4.74 Å². The number of fused-ring (bicyclic) bond motifs is 1. The molecule has 5 heteroatoms. The van der Waals surface area contributed by atoms with Gasteiger partial charge in [-0.2, -0.15) is 0 Å². The van der Waals surface area contributed by atoms with Gasteiger partial charge >= 0.3 is 182 Å². The van der Waals surface area contributed by atoms with Gasteiger partial charge < -0.3 is 0 Å². The number of carbonyl (C=O) groups is 1. The fraction of sp³-hybridized carbons (Fsp3) is 0.667. The zero-order chi connectivity index (χ0) is 21.5. The SMILES string of the molecule is CCC[CH2][Sn]([CH2]CCC)([CH2]CCC)[c]1cc2ccncc2n1C(=O)OC(C)(C)C. The molecule has 162 valence electrons. The molecule has 2 aromatic rings. The summed E-state index contributed by atoms with van der Waals surface area (Å²) in [5.74, 6) is 0. The van der Waals surface area contributed by atoms with Crippen LogP contribution in [0.4, 0.5) is 4.79 Å². The van der Waals surface area contributed by atoms with E-state index in [0.29, 0.717) is 0 Å². The Hall–Kier alpha value is -1.04. The molecule has 0 amide bonds. The third-order valence-corrected chi connectivity index (χ3v) is 21.1. The van der Waals surface area contributed by atoms with Crippen molar-refractivity contribution < 1.29 is 9.53 Å². The number of hydrogen-bond acceptors (Lipinski definition) is 3. The van der Waals surface area contributed by atoms with Gasteiger partial charge in [-0.05, 0) is 0 Å². The van der Waals surface area contributed by atoms with Crippen molar-refractivity contribution in [3.05, 3.63) is 24.5 Å². The van der Waals surface area contributed by atoms with Crippen LogP contribution in [0.15, 0.2) is 24.5 Å². The zero-order valence-corrected chi connectivity index (χ0v) is 22.2. The number of aromatic nitrogens is 2. The monoisotopic (exact) mass is 508 g/mol. The first-order chi connectivity index (χ1) is 13.8. The Kier molecular flexibility index (Phi) is 9.05. The molecule has 4 nitrogen and oxygen atoms in total. The maximum absolute atomic E-state index is 13.4. The molecule has 0 spiro atoms. The Morgan fingerprint density at radius 1 is 1.03 bits per heavy atom. The maximum atomic E-state index is 13.4. The molecular weight excluding hydrogens is 467 g/mol. The Balaban J connectivity index is 2.68. The molecule has 0 saturated heterocycles. The number of ether oxygens (including phenoxy) is 1. The van der Waals surface area contributed by atoms with Gasteiger partial charge in [0.1, 0.15) is 0 Å². The summed E-state index contributed by atoms with van der Waals surface area (Å²) < 4.78 is 13.1. The molecule has 0 saturated carbocycles. The average Bonchev–Trinajstić information content (AvgIpc) is 3.06. The van der Waals surface area contributed by atoms with Gasteiger partial charge in [0.05, 0.1) is 0 Å². The molecule has 0 aromatic carbocycles. The van der Waals surface area contributed by atoms with Crippen LogP contribution < -0.4 is 3.71 Å². The first-order valence-corrected chi connectivity index (χ1v) is 19.0. The van der Waals surface area contributed by atoms with Crippen LogP contribution >= 0.6 is 0 Å². The summed E-state index contributed by atoms with van der Waals surface area (Å²) in [6, 6.07) is 4.35. The van der Waals surface area contributed by atoms with Crippen molar-refractivity contribution in [2.45, 2.75) is 99.0 Å². The Labute approximate surface area is 181 Å². The van der Waals surface area contributed by atoms with E-state index in [9.17, 15) is 4.79 Å². The predicted octanol–water partition coefficient (Wildman–Crippen LogP) is 6.88. The quantitative estimate of drug-likeness (QED) is 0.330. The molecule has 0 aliphatic carbocycles. The van der Waals surface area contributed by atoms with Gasteiger partial charge in [-0.25, -0.2) is 0 Å². The molecule has 2 aromatic heterocycles. The van der Waals surface area contributed by atoms with E-state index in [-0.39, 0.29) is 6.09 Å². The summed E-state index contributed by atoms with van der Waals surface area (Å²) in [4.78, 5) is 17.7. The fourth-order valence-corrected chi connectivity index (χ4v) is 20.7. The third-order valence-electron chi connectivity index (χ3n) is 5.75. The number of pyridine rings is 1. The first kappa shape index (κ1) is 24.2. The molecule has 0 bridgehead atoms. The first-order valence-electron chi connectivity index (χ1n) is 11.5. The Morgan fingerprint density at radius 2 is 1.59 bits per heavy atom. The van der Waals surface area contributed by atoms with E-state index >= 15 is 0 Å². The number of nitrogens with zero attached hydrogens (tertiary/aromatic N) is 2. The molecule has 0 unspecified atom stereocenters. The van der Waals surface area contributed by atoms with Crippen LogP contribution in [0, 0.1) is 0 Å². The second-order valence-electron chi connectivity index (χ2n) is 9.37. The van der Waals surface area contributed by atoms with Gasteiger partial charge in [-0.1, -0.05) is 0 Å². The Morgan fingerprint density at radius 3 is 2.07 bits per heavy atom. The van der Waals surface area contributed by atoms with Crippen molar-refractivity contribution in [3.8, 4) is 0 Å². The number of carbonyl (C=O) groups excluding carboxylic acids is 1. The van der Waals surface area contributed by atoms with Crippen LogP contribution in [0.1, 0.15) is 80.1 Å². The van der Waals surface area contributed by atoms with Crippen LogP contribution in [0.5, 0.6) is 0 Å². The van der Waals surface area contributed by atoms with E-state index in [4.69, 9.17) is 4.74 Å². The molecule has 0 radical (unpaired) electrons. The molecule has 2 rings (SSSR count). The topological polar surface area (TPSA) is 44.1 Å². The summed E-state index contributed by atoms with van der Waals surface area (Å²) >= 11 is -2.82. The summed E-state index contributed by atoms with van der Waals surface area (Å²) in [5.41, 5.74) is 0.393. The summed E-state index contributed by atoms with van der Waals surface area (Å²) in [7, 11) is 0. The average molecular weight is 507 g/mol. The van der Waals surface area contributed by atoms with Crippen LogP contribution in [0.3, 0.4) is 0 Å². The van der Waals surface area contributed by atoms with E-state index in [2.05, 4.69) is 31.8 Å². The summed E-state index contributed by atoms with van der Waals surface area (Å²) in [5, 5.41) is 1.12. The van der Waals surface area contributed by atoms with E-state index < -0.39 is 24.0 Å². The van der Waals surface area contributed by atoms with Gasteiger partial charge in [0.25, 0.3) is 0 Å². The van der Waals surface area contributed by atoms with E-state index in [1.807, 2.05) is 43.8 Å². The van der Waals surface area contributed by atoms with Gasteiger partial charge in [0, 0.05) is 0 Å². The van der Waals surface area contributed by atoms with Gasteiger partial charge in [0.2, 0.25) is 0 Å². The van der Waals surface area contributed by atoms with Crippen molar-refractivity contribution in [3.63, 3.8) is 0 Å². The summed E-state index contributed by atoms with van der Waals surface area (Å²) in [6.07, 6.45) is 10.8. The van der Waals surface area contributed by atoms with Crippen molar-refractivity contribution in [1.29, 1.82) is 0 Å². The van der Waals surface area contributed by atoms with Crippen molar-refractivity contribution in [2.24, 2.45) is 0 Å². The second kappa shape index (κ2) is 10.8. The second-order valence-corrected chi connectivity index (χ2v) is 22.4. The predicted molar refractivity (Wildman–Crippen MR) is 126 cm³/mol. The van der Waals surface area contributed by atoms with Gasteiger partial charge in [-0.15, -0.1) is 0 Å². The minimum absolute atomic E-state index is 0.235. The third kappa shape index (κ3) is 6.22. The van der Waals surface area contributed by atoms with Gasteiger partial charge in [-0.3, -0.25) is 0 Å². The molecule has 2 heterocycles. The van der Waals surface area contributed by atoms with Crippen LogP contribution in [0.25, 0.3) is 10.9 Å². The number of rotatable bonds is 10. The molecule has 0 aliphatic rings. The van der Waals surface area contributed by atoms with E-state index in [1.54, 1.807) is 0 Å². The standard InChI is InChI=1S/C12H13N2O2.3C4H9.Sn/c1-12(2,3)16-11(15)14-7-5-9-4-6-13-8-10(9)14;3*1-3-4-2;/h4-6,8H,1-3H3;3*1,3-4H2,2H3;. The van der Waals surface area contributed by atoms with Crippen LogP contribution in [0.2, 0.25) is 13.3 Å². The van der Waals surface area contributed by atoms with E-state index in [0.717, 1.165) is 10.9 Å². The molecule has 0 N–H and O–H groups in total. The van der Waals surface area contributed by atoms with Crippen molar-refractivity contribution in [1.82, 2.24) is 9.55 Å².